The number of benzene rings is 3. The van der Waals surface area contributed by atoms with Crippen molar-refractivity contribution >= 4 is 58.2 Å². The number of nitrogens with one attached hydrogen (secondary N) is 2. The van der Waals surface area contributed by atoms with Crippen molar-refractivity contribution < 1.29 is 9.59 Å². The van der Waals surface area contributed by atoms with Crippen molar-refractivity contribution in [2.45, 2.75) is 11.8 Å². The summed E-state index contributed by atoms with van der Waals surface area (Å²) in [4.78, 5) is 25.5. The monoisotopic (exact) mass is 444 g/mol. The number of carbonyl (C=O) groups is 2. The van der Waals surface area contributed by atoms with Crippen molar-refractivity contribution in [3.8, 4) is 0 Å². The summed E-state index contributed by atoms with van der Waals surface area (Å²) in [5.74, 6) is -0.111. The summed E-state index contributed by atoms with van der Waals surface area (Å²) in [6, 6.07) is 19.7. The van der Waals surface area contributed by atoms with Crippen LogP contribution in [0.25, 0.3) is 0 Å². The molecular weight excluding hydrogens is 427 g/mol. The average Bonchev–Trinajstić information content (AvgIpc) is 2.70. The molecule has 0 aliphatic rings. The fourth-order valence-corrected chi connectivity index (χ4v) is 3.66. The van der Waals surface area contributed by atoms with Gasteiger partial charge in [-0.15, -0.1) is 11.8 Å². The van der Waals surface area contributed by atoms with Gasteiger partial charge in [-0.1, -0.05) is 47.5 Å². The summed E-state index contributed by atoms with van der Waals surface area (Å²) in [6.45, 7) is 1.90. The van der Waals surface area contributed by atoms with Crippen LogP contribution in [0.4, 0.5) is 11.4 Å². The molecular formula is C22H18Cl2N2O2S. The Hall–Kier alpha value is -2.47. The largest absolute Gasteiger partial charge is 0.325 e. The van der Waals surface area contributed by atoms with Crippen molar-refractivity contribution in [1.29, 1.82) is 0 Å². The first-order valence-corrected chi connectivity index (χ1v) is 10.5. The fourth-order valence-electron chi connectivity index (χ4n) is 2.61. The van der Waals surface area contributed by atoms with E-state index in [-0.39, 0.29) is 17.6 Å². The highest BCUT2D eigenvalue weighted by Gasteiger charge is 2.10. The third-order valence-corrected chi connectivity index (χ3v) is 5.79. The highest BCUT2D eigenvalue weighted by molar-refractivity contribution is 8.00. The summed E-state index contributed by atoms with van der Waals surface area (Å²) < 4.78 is 0. The molecule has 29 heavy (non-hydrogen) atoms. The lowest BCUT2D eigenvalue weighted by Gasteiger charge is -2.09. The molecule has 0 aliphatic heterocycles. The molecule has 0 saturated carbocycles. The Labute approximate surface area is 183 Å². The third kappa shape index (κ3) is 6.00. The Bertz CT molecular complexity index is 1060. The summed E-state index contributed by atoms with van der Waals surface area (Å²) >= 11 is 13.2. The first-order chi connectivity index (χ1) is 13.9. The number of hydrogen-bond donors (Lipinski definition) is 2. The number of carbonyl (C=O) groups excluding carboxylic acids is 2. The van der Waals surface area contributed by atoms with E-state index in [0.717, 1.165) is 10.5 Å². The summed E-state index contributed by atoms with van der Waals surface area (Å²) in [5, 5.41) is 6.50. The van der Waals surface area contributed by atoms with Gasteiger partial charge in [0.25, 0.3) is 5.91 Å². The Balaban J connectivity index is 1.58. The second-order valence-corrected chi connectivity index (χ2v) is 8.13. The topological polar surface area (TPSA) is 58.2 Å². The molecule has 3 rings (SSSR count). The normalized spacial score (nSPS) is 10.4. The van der Waals surface area contributed by atoms with Crippen molar-refractivity contribution in [3.63, 3.8) is 0 Å². The second kappa shape index (κ2) is 9.83. The summed E-state index contributed by atoms with van der Waals surface area (Å²) in [7, 11) is 0. The minimum Gasteiger partial charge on any atom is -0.325 e. The lowest BCUT2D eigenvalue weighted by atomic mass is 10.1. The third-order valence-electron chi connectivity index (χ3n) is 4.05. The molecule has 0 unspecified atom stereocenters. The van der Waals surface area contributed by atoms with Crippen LogP contribution >= 0.6 is 35.0 Å². The van der Waals surface area contributed by atoms with Gasteiger partial charge in [-0.3, -0.25) is 9.59 Å². The van der Waals surface area contributed by atoms with Crippen LogP contribution in [0.2, 0.25) is 10.0 Å². The van der Waals surface area contributed by atoms with E-state index in [1.54, 1.807) is 24.3 Å². The molecule has 0 atom stereocenters. The van der Waals surface area contributed by atoms with Gasteiger partial charge in [-0.25, -0.2) is 0 Å². The molecule has 4 nitrogen and oxygen atoms in total. The smallest absolute Gasteiger partial charge is 0.255 e. The highest BCUT2D eigenvalue weighted by Crippen LogP contribution is 2.26. The number of hydrogen-bond acceptors (Lipinski definition) is 3. The van der Waals surface area contributed by atoms with E-state index in [1.807, 2.05) is 49.4 Å². The van der Waals surface area contributed by atoms with Gasteiger partial charge < -0.3 is 10.6 Å². The number of halogens is 2. The lowest BCUT2D eigenvalue weighted by molar-refractivity contribution is -0.113. The Morgan fingerprint density at radius 3 is 2.38 bits per heavy atom. The van der Waals surface area contributed by atoms with Crippen molar-refractivity contribution in [1.82, 2.24) is 0 Å². The van der Waals surface area contributed by atoms with Crippen LogP contribution in [0.1, 0.15) is 15.9 Å². The average molecular weight is 445 g/mol. The van der Waals surface area contributed by atoms with E-state index in [9.17, 15) is 9.59 Å². The highest BCUT2D eigenvalue weighted by atomic mass is 35.5. The number of rotatable bonds is 6. The van der Waals surface area contributed by atoms with E-state index in [0.29, 0.717) is 27.0 Å². The maximum Gasteiger partial charge on any atom is 0.255 e. The molecule has 3 aromatic carbocycles. The van der Waals surface area contributed by atoms with Crippen molar-refractivity contribution in [2.24, 2.45) is 0 Å². The van der Waals surface area contributed by atoms with Gasteiger partial charge in [0.15, 0.2) is 0 Å². The molecule has 2 amide bonds. The van der Waals surface area contributed by atoms with Gasteiger partial charge in [-0.2, -0.15) is 0 Å². The first kappa shape index (κ1) is 21.2. The Morgan fingerprint density at radius 1 is 0.862 bits per heavy atom. The Morgan fingerprint density at radius 2 is 1.62 bits per heavy atom. The molecule has 0 aromatic heterocycles. The van der Waals surface area contributed by atoms with Gasteiger partial charge >= 0.3 is 0 Å². The number of amides is 2. The zero-order valence-electron chi connectivity index (χ0n) is 15.5. The van der Waals surface area contributed by atoms with Gasteiger partial charge in [-0.05, 0) is 55.0 Å². The number of thioether (sulfide) groups is 1. The van der Waals surface area contributed by atoms with Crippen molar-refractivity contribution in [3.05, 3.63) is 87.9 Å². The van der Waals surface area contributed by atoms with Crippen molar-refractivity contribution in [2.75, 3.05) is 16.4 Å². The summed E-state index contributed by atoms with van der Waals surface area (Å²) in [5.41, 5.74) is 2.80. The molecule has 2 N–H and O–H groups in total. The quantitative estimate of drug-likeness (QED) is 0.439. The van der Waals surface area contributed by atoms with Crippen LogP contribution in [-0.2, 0) is 4.79 Å². The van der Waals surface area contributed by atoms with Gasteiger partial charge in [0.05, 0.1) is 15.8 Å². The predicted octanol–water partition coefficient (Wildman–Crippen LogP) is 6.28. The molecule has 0 heterocycles. The van der Waals surface area contributed by atoms with E-state index in [4.69, 9.17) is 23.2 Å². The fraction of sp³-hybridized carbons (Fsp3) is 0.0909. The zero-order valence-corrected chi connectivity index (χ0v) is 17.9. The zero-order chi connectivity index (χ0) is 20.8. The maximum atomic E-state index is 12.5. The predicted molar refractivity (Wildman–Crippen MR) is 121 cm³/mol. The van der Waals surface area contributed by atoms with Gasteiger partial charge in [0, 0.05) is 21.8 Å². The molecule has 0 aliphatic carbocycles. The lowest BCUT2D eigenvalue weighted by Crippen LogP contribution is -2.14. The molecule has 3 aromatic rings. The van der Waals surface area contributed by atoms with E-state index in [2.05, 4.69) is 10.6 Å². The molecule has 0 radical (unpaired) electrons. The van der Waals surface area contributed by atoms with Crippen LogP contribution in [-0.4, -0.2) is 17.6 Å². The summed E-state index contributed by atoms with van der Waals surface area (Å²) in [6.07, 6.45) is 0. The van der Waals surface area contributed by atoms with E-state index >= 15 is 0 Å². The van der Waals surface area contributed by atoms with Gasteiger partial charge in [0.2, 0.25) is 5.91 Å². The first-order valence-electron chi connectivity index (χ1n) is 8.77. The van der Waals surface area contributed by atoms with E-state index < -0.39 is 0 Å². The van der Waals surface area contributed by atoms with E-state index in [1.165, 1.54) is 11.8 Å². The molecule has 0 saturated heterocycles. The maximum absolute atomic E-state index is 12.5. The number of aryl methyl sites for hydroxylation is 1. The second-order valence-electron chi connectivity index (χ2n) is 6.26. The molecule has 0 bridgehead atoms. The van der Waals surface area contributed by atoms with Gasteiger partial charge in [0.1, 0.15) is 0 Å². The van der Waals surface area contributed by atoms with Crippen LogP contribution in [0.5, 0.6) is 0 Å². The van der Waals surface area contributed by atoms with Crippen LogP contribution < -0.4 is 10.6 Å². The SMILES string of the molecule is Cc1ccccc1C(=O)Nc1cccc(SCC(=O)Nc2ccc(Cl)c(Cl)c2)c1. The minimum absolute atomic E-state index is 0.164. The molecule has 0 fully saturated rings. The van der Waals surface area contributed by atoms with Crippen LogP contribution in [0, 0.1) is 6.92 Å². The van der Waals surface area contributed by atoms with Crippen LogP contribution in [0.15, 0.2) is 71.6 Å². The molecule has 7 heteroatoms. The standard InChI is InChI=1S/C22H18Cl2N2O2S/c1-14-5-2-3-8-18(14)22(28)26-15-6-4-7-17(11-15)29-13-21(27)25-16-9-10-19(23)20(24)12-16/h2-12H,13H2,1H3,(H,25,27)(H,26,28). The number of anilines is 2. The van der Waals surface area contributed by atoms with Crippen LogP contribution in [0.3, 0.4) is 0 Å². The molecule has 0 spiro atoms. The molecule has 148 valence electrons. The Kier molecular flexibility index (Phi) is 7.20. The minimum atomic E-state index is -0.164.